The summed E-state index contributed by atoms with van der Waals surface area (Å²) in [5.41, 5.74) is -0.835. The Morgan fingerprint density at radius 3 is 2.47 bits per heavy atom. The van der Waals surface area contributed by atoms with Gasteiger partial charge in [0.25, 0.3) is 0 Å². The molecular formula is C12H22O3. The first-order valence-corrected chi connectivity index (χ1v) is 5.83. The van der Waals surface area contributed by atoms with E-state index in [-0.39, 0.29) is 5.97 Å². The van der Waals surface area contributed by atoms with Crippen molar-refractivity contribution < 1.29 is 14.6 Å². The number of esters is 1. The van der Waals surface area contributed by atoms with Crippen LogP contribution in [0.1, 0.15) is 46.0 Å². The Kier molecular flexibility index (Phi) is 4.14. The number of ether oxygens (including phenoxy) is 1. The van der Waals surface area contributed by atoms with Gasteiger partial charge in [0.1, 0.15) is 0 Å². The molecule has 0 heterocycles. The largest absolute Gasteiger partial charge is 0.469 e. The van der Waals surface area contributed by atoms with Gasteiger partial charge in [0.15, 0.2) is 0 Å². The molecule has 0 aromatic rings. The zero-order valence-electron chi connectivity index (χ0n) is 9.95. The zero-order chi connectivity index (χ0) is 11.5. The van der Waals surface area contributed by atoms with Crippen LogP contribution in [0.4, 0.5) is 0 Å². The van der Waals surface area contributed by atoms with Crippen LogP contribution < -0.4 is 0 Å². The van der Waals surface area contributed by atoms with Crippen molar-refractivity contribution in [1.82, 2.24) is 0 Å². The summed E-state index contributed by atoms with van der Waals surface area (Å²) in [5, 5.41) is 10.4. The first-order chi connectivity index (χ1) is 7.03. The molecule has 1 atom stereocenters. The average molecular weight is 214 g/mol. The molecule has 3 nitrogen and oxygen atoms in total. The summed E-state index contributed by atoms with van der Waals surface area (Å²) in [5.74, 6) is 0.0166. The third kappa shape index (κ3) is 2.71. The minimum atomic E-state index is -0.835. The molecule has 1 saturated carbocycles. The summed E-state index contributed by atoms with van der Waals surface area (Å²) in [7, 11) is 1.37. The molecule has 1 N–H and O–H groups in total. The van der Waals surface area contributed by atoms with Crippen molar-refractivity contribution in [2.45, 2.75) is 51.6 Å². The lowest BCUT2D eigenvalue weighted by molar-refractivity contribution is -0.157. The maximum atomic E-state index is 11.4. The average Bonchev–Trinajstić information content (AvgIpc) is 2.28. The molecular weight excluding hydrogens is 192 g/mol. The van der Waals surface area contributed by atoms with Gasteiger partial charge < -0.3 is 9.84 Å². The molecule has 0 aliphatic heterocycles. The van der Waals surface area contributed by atoms with Gasteiger partial charge in [0.2, 0.25) is 0 Å². The van der Waals surface area contributed by atoms with Crippen LogP contribution in [0.2, 0.25) is 0 Å². The van der Waals surface area contributed by atoms with Gasteiger partial charge in [-0.15, -0.1) is 0 Å². The monoisotopic (exact) mass is 214 g/mol. The van der Waals surface area contributed by atoms with E-state index in [2.05, 4.69) is 11.7 Å². The highest BCUT2D eigenvalue weighted by atomic mass is 16.5. The van der Waals surface area contributed by atoms with E-state index in [0.717, 1.165) is 31.6 Å². The molecule has 0 amide bonds. The van der Waals surface area contributed by atoms with E-state index in [1.54, 1.807) is 6.92 Å². The van der Waals surface area contributed by atoms with Crippen molar-refractivity contribution in [1.29, 1.82) is 0 Å². The van der Waals surface area contributed by atoms with Crippen LogP contribution in [0.25, 0.3) is 0 Å². The second-order valence-electron chi connectivity index (χ2n) is 4.70. The van der Waals surface area contributed by atoms with E-state index in [0.29, 0.717) is 0 Å². The highest BCUT2D eigenvalue weighted by molar-refractivity contribution is 5.73. The fourth-order valence-corrected chi connectivity index (χ4v) is 2.41. The van der Waals surface area contributed by atoms with Crippen molar-refractivity contribution in [3.8, 4) is 0 Å². The molecule has 0 radical (unpaired) electrons. The van der Waals surface area contributed by atoms with Crippen LogP contribution in [0, 0.1) is 11.8 Å². The second-order valence-corrected chi connectivity index (χ2v) is 4.70. The number of hydrogen-bond donors (Lipinski definition) is 1. The van der Waals surface area contributed by atoms with Crippen LogP contribution in [-0.2, 0) is 9.53 Å². The van der Waals surface area contributed by atoms with Gasteiger partial charge >= 0.3 is 5.97 Å². The number of carbonyl (C=O) groups excluding carboxylic acids is 1. The number of aliphatic hydroxyl groups is 1. The van der Waals surface area contributed by atoms with Crippen molar-refractivity contribution in [2.75, 3.05) is 7.11 Å². The maximum Gasteiger partial charge on any atom is 0.311 e. The summed E-state index contributed by atoms with van der Waals surface area (Å²) >= 11 is 0. The number of methoxy groups -OCH3 is 1. The molecule has 0 aromatic carbocycles. The fourth-order valence-electron chi connectivity index (χ4n) is 2.41. The Balaban J connectivity index is 2.57. The van der Waals surface area contributed by atoms with E-state index >= 15 is 0 Å². The Labute approximate surface area is 91.8 Å². The van der Waals surface area contributed by atoms with Crippen LogP contribution in [0.15, 0.2) is 0 Å². The molecule has 1 aliphatic carbocycles. The molecule has 0 spiro atoms. The summed E-state index contributed by atoms with van der Waals surface area (Å²) in [6, 6.07) is 0. The predicted octanol–water partition coefficient (Wildman–Crippen LogP) is 2.13. The fraction of sp³-hybridized carbons (Fsp3) is 0.917. The van der Waals surface area contributed by atoms with Crippen LogP contribution in [0.3, 0.4) is 0 Å². The van der Waals surface area contributed by atoms with Crippen LogP contribution >= 0.6 is 0 Å². The topological polar surface area (TPSA) is 46.5 Å². The van der Waals surface area contributed by atoms with Gasteiger partial charge in [0, 0.05) is 0 Å². The first kappa shape index (κ1) is 12.5. The molecule has 1 unspecified atom stereocenters. The van der Waals surface area contributed by atoms with Crippen molar-refractivity contribution >= 4 is 5.97 Å². The summed E-state index contributed by atoms with van der Waals surface area (Å²) < 4.78 is 4.68. The number of hydrogen-bond acceptors (Lipinski definition) is 3. The van der Waals surface area contributed by atoms with Gasteiger partial charge in [-0.1, -0.05) is 13.3 Å². The minimum Gasteiger partial charge on any atom is -0.469 e. The van der Waals surface area contributed by atoms with Gasteiger partial charge in [-0.2, -0.15) is 0 Å². The standard InChI is InChI=1S/C12H22O3/c1-4-10-5-7-12(14,8-6-10)9(2)11(13)15-3/h9-10,14H,4-8H2,1-3H3. The SMILES string of the molecule is CCC1CCC(O)(C(C)C(=O)OC)CC1. The summed E-state index contributed by atoms with van der Waals surface area (Å²) in [6.07, 6.45) is 4.66. The van der Waals surface area contributed by atoms with Gasteiger partial charge in [-0.3, -0.25) is 4.79 Å². The van der Waals surface area contributed by atoms with E-state index in [1.807, 2.05) is 0 Å². The lowest BCUT2D eigenvalue weighted by Gasteiger charge is -2.38. The molecule has 1 rings (SSSR count). The lowest BCUT2D eigenvalue weighted by Crippen LogP contribution is -2.44. The Hall–Kier alpha value is -0.570. The smallest absolute Gasteiger partial charge is 0.311 e. The van der Waals surface area contributed by atoms with Crippen LogP contribution in [0.5, 0.6) is 0 Å². The lowest BCUT2D eigenvalue weighted by atomic mass is 9.72. The van der Waals surface area contributed by atoms with E-state index in [1.165, 1.54) is 13.5 Å². The van der Waals surface area contributed by atoms with Gasteiger partial charge in [0.05, 0.1) is 18.6 Å². The number of rotatable bonds is 3. The Morgan fingerprint density at radius 2 is 2.07 bits per heavy atom. The van der Waals surface area contributed by atoms with Crippen molar-refractivity contribution in [3.05, 3.63) is 0 Å². The van der Waals surface area contributed by atoms with Gasteiger partial charge in [-0.25, -0.2) is 0 Å². The van der Waals surface area contributed by atoms with Crippen molar-refractivity contribution in [3.63, 3.8) is 0 Å². The highest BCUT2D eigenvalue weighted by Crippen LogP contribution is 2.38. The summed E-state index contributed by atoms with van der Waals surface area (Å²) in [4.78, 5) is 11.4. The molecule has 3 heteroatoms. The maximum absolute atomic E-state index is 11.4. The molecule has 1 fully saturated rings. The molecule has 15 heavy (non-hydrogen) atoms. The van der Waals surface area contributed by atoms with E-state index in [9.17, 15) is 9.90 Å². The minimum absolute atomic E-state index is 0.299. The first-order valence-electron chi connectivity index (χ1n) is 5.83. The zero-order valence-corrected chi connectivity index (χ0v) is 9.95. The predicted molar refractivity (Wildman–Crippen MR) is 58.4 cm³/mol. The molecule has 1 aliphatic rings. The highest BCUT2D eigenvalue weighted by Gasteiger charge is 2.41. The van der Waals surface area contributed by atoms with E-state index < -0.39 is 11.5 Å². The molecule has 0 saturated heterocycles. The molecule has 0 aromatic heterocycles. The third-order valence-electron chi connectivity index (χ3n) is 3.91. The Bertz CT molecular complexity index is 217. The molecule has 88 valence electrons. The van der Waals surface area contributed by atoms with Crippen LogP contribution in [-0.4, -0.2) is 23.8 Å². The molecule has 0 bridgehead atoms. The quantitative estimate of drug-likeness (QED) is 0.732. The normalized spacial score (nSPS) is 33.5. The van der Waals surface area contributed by atoms with Crippen molar-refractivity contribution in [2.24, 2.45) is 11.8 Å². The van der Waals surface area contributed by atoms with E-state index in [4.69, 9.17) is 0 Å². The third-order valence-corrected chi connectivity index (χ3v) is 3.91. The second kappa shape index (κ2) is 4.97. The summed E-state index contributed by atoms with van der Waals surface area (Å²) in [6.45, 7) is 3.94. The Morgan fingerprint density at radius 1 is 1.53 bits per heavy atom. The number of carbonyl (C=O) groups is 1. The van der Waals surface area contributed by atoms with Gasteiger partial charge in [-0.05, 0) is 38.5 Å².